The van der Waals surface area contributed by atoms with Crippen LogP contribution in [0.25, 0.3) is 0 Å². The molecule has 9 heavy (non-hydrogen) atoms. The second kappa shape index (κ2) is 2.33. The molecule has 1 rings (SSSR count). The van der Waals surface area contributed by atoms with Gasteiger partial charge in [-0.05, 0) is 6.42 Å². The number of rotatable bonds is 1. The van der Waals surface area contributed by atoms with Crippen molar-refractivity contribution < 1.29 is 9.90 Å². The Labute approximate surface area is 53.2 Å². The fraction of sp³-hybridized carbons (Fsp3) is 0.800. The van der Waals surface area contributed by atoms with E-state index in [1.54, 1.807) is 0 Å². The van der Waals surface area contributed by atoms with E-state index in [0.29, 0.717) is 12.8 Å². The molecule has 1 amide bonds. The summed E-state index contributed by atoms with van der Waals surface area (Å²) in [5.41, 5.74) is 0. The molecule has 0 bridgehead atoms. The first-order valence-corrected chi connectivity index (χ1v) is 2.93. The van der Waals surface area contributed by atoms with Crippen LogP contribution in [0.2, 0.25) is 0 Å². The van der Waals surface area contributed by atoms with Gasteiger partial charge in [0.2, 0.25) is 5.91 Å². The molecule has 0 saturated carbocycles. The van der Waals surface area contributed by atoms with E-state index in [1.807, 2.05) is 0 Å². The predicted molar refractivity (Wildman–Crippen MR) is 31.1 cm³/mol. The molecule has 0 unspecified atom stereocenters. The fourth-order valence-electron chi connectivity index (χ4n) is 0.941. The second-order valence-electron chi connectivity index (χ2n) is 2.18. The maximum Gasteiger partial charge on any atom is 0.236 e. The zero-order valence-electron chi connectivity index (χ0n) is 5.08. The van der Waals surface area contributed by atoms with E-state index >= 15 is 0 Å². The summed E-state index contributed by atoms with van der Waals surface area (Å²) in [7, 11) is 0. The molecule has 4 nitrogen and oxygen atoms in total. The molecule has 1 aliphatic heterocycles. The van der Waals surface area contributed by atoms with E-state index in [4.69, 9.17) is 10.9 Å². The van der Waals surface area contributed by atoms with Crippen molar-refractivity contribution >= 4 is 5.91 Å². The molecule has 4 heteroatoms. The number of hydrazine groups is 1. The molecule has 0 aliphatic carbocycles. The Hall–Kier alpha value is -0.610. The fourth-order valence-corrected chi connectivity index (χ4v) is 0.941. The topological polar surface area (TPSA) is 66.6 Å². The first kappa shape index (κ1) is 6.51. The highest BCUT2D eigenvalue weighted by Gasteiger charge is 2.27. The van der Waals surface area contributed by atoms with E-state index in [2.05, 4.69) is 0 Å². The summed E-state index contributed by atoms with van der Waals surface area (Å²) in [5, 5.41) is 9.69. The first-order valence-electron chi connectivity index (χ1n) is 2.93. The molecule has 1 saturated heterocycles. The molecule has 1 aliphatic rings. The minimum absolute atomic E-state index is 0.0256. The van der Waals surface area contributed by atoms with Crippen LogP contribution in [-0.2, 0) is 4.79 Å². The molecule has 1 fully saturated rings. The lowest BCUT2D eigenvalue weighted by atomic mass is 10.2. The highest BCUT2D eigenvalue weighted by Crippen LogP contribution is 2.12. The molecule has 0 aromatic carbocycles. The lowest BCUT2D eigenvalue weighted by molar-refractivity contribution is -0.129. The molecule has 52 valence electrons. The summed E-state index contributed by atoms with van der Waals surface area (Å²) in [6.07, 6.45) is 1.16. The Morgan fingerprint density at radius 2 is 2.56 bits per heavy atom. The molecule has 0 radical (unpaired) electrons. The smallest absolute Gasteiger partial charge is 0.236 e. The van der Waals surface area contributed by atoms with E-state index in [1.165, 1.54) is 0 Å². The molecule has 3 N–H and O–H groups in total. The van der Waals surface area contributed by atoms with Crippen LogP contribution in [0.5, 0.6) is 0 Å². The van der Waals surface area contributed by atoms with Gasteiger partial charge in [-0.25, -0.2) is 5.84 Å². The SMILES string of the molecule is NN1C(=O)CC[C@@H]1CO. The van der Waals surface area contributed by atoms with Crippen LogP contribution in [0.4, 0.5) is 0 Å². The van der Waals surface area contributed by atoms with Crippen LogP contribution in [0.15, 0.2) is 0 Å². The van der Waals surface area contributed by atoms with Crippen molar-refractivity contribution in [2.75, 3.05) is 6.61 Å². The Balaban J connectivity index is 2.51. The Kier molecular flexibility index (Phi) is 1.68. The van der Waals surface area contributed by atoms with Crippen LogP contribution in [0.3, 0.4) is 0 Å². The largest absolute Gasteiger partial charge is 0.394 e. The molecule has 0 aromatic heterocycles. The summed E-state index contributed by atoms with van der Waals surface area (Å²) in [6.45, 7) is -0.0256. The predicted octanol–water partition coefficient (Wildman–Crippen LogP) is -1.16. The quantitative estimate of drug-likeness (QED) is 0.347. The average Bonchev–Trinajstić information content (AvgIpc) is 2.15. The maximum atomic E-state index is 10.6. The van der Waals surface area contributed by atoms with Crippen LogP contribution in [0, 0.1) is 0 Å². The summed E-state index contributed by atoms with van der Waals surface area (Å²) >= 11 is 0. The number of carbonyl (C=O) groups excluding carboxylic acids is 1. The molecule has 1 heterocycles. The highest BCUT2D eigenvalue weighted by atomic mass is 16.3. The van der Waals surface area contributed by atoms with Gasteiger partial charge in [0.25, 0.3) is 0 Å². The number of hydrogen-bond acceptors (Lipinski definition) is 3. The third-order valence-electron chi connectivity index (χ3n) is 1.58. The van der Waals surface area contributed by atoms with E-state index < -0.39 is 0 Å². The van der Waals surface area contributed by atoms with Crippen molar-refractivity contribution in [3.05, 3.63) is 0 Å². The third kappa shape index (κ3) is 1.04. The van der Waals surface area contributed by atoms with Gasteiger partial charge >= 0.3 is 0 Å². The van der Waals surface area contributed by atoms with Gasteiger partial charge in [0.05, 0.1) is 12.6 Å². The van der Waals surface area contributed by atoms with Gasteiger partial charge in [0.1, 0.15) is 0 Å². The average molecular weight is 130 g/mol. The number of aliphatic hydroxyl groups excluding tert-OH is 1. The minimum Gasteiger partial charge on any atom is -0.394 e. The molecule has 0 spiro atoms. The van der Waals surface area contributed by atoms with E-state index in [-0.39, 0.29) is 18.6 Å². The second-order valence-corrected chi connectivity index (χ2v) is 2.18. The summed E-state index contributed by atoms with van der Waals surface area (Å²) in [5.74, 6) is 5.18. The van der Waals surface area contributed by atoms with Gasteiger partial charge in [0.15, 0.2) is 0 Å². The lowest BCUT2D eigenvalue weighted by Crippen LogP contribution is -2.40. The monoisotopic (exact) mass is 130 g/mol. The van der Waals surface area contributed by atoms with Crippen molar-refractivity contribution in [2.24, 2.45) is 5.84 Å². The number of hydrogen-bond donors (Lipinski definition) is 2. The minimum atomic E-state index is -0.141. The summed E-state index contributed by atoms with van der Waals surface area (Å²) in [4.78, 5) is 10.6. The van der Waals surface area contributed by atoms with Crippen LogP contribution in [0.1, 0.15) is 12.8 Å². The van der Waals surface area contributed by atoms with Crippen molar-refractivity contribution in [1.29, 1.82) is 0 Å². The van der Waals surface area contributed by atoms with Crippen molar-refractivity contribution in [3.8, 4) is 0 Å². The van der Waals surface area contributed by atoms with Crippen LogP contribution < -0.4 is 5.84 Å². The number of amides is 1. The van der Waals surface area contributed by atoms with Crippen molar-refractivity contribution in [1.82, 2.24) is 5.01 Å². The standard InChI is InChI=1S/C5H10N2O2/c6-7-4(3-8)1-2-5(7)9/h4,8H,1-3,6H2/t4-/m1/s1. The number of nitrogens with zero attached hydrogens (tertiary/aromatic N) is 1. The Bertz CT molecular complexity index is 126. The number of aliphatic hydroxyl groups is 1. The van der Waals surface area contributed by atoms with Crippen molar-refractivity contribution in [3.63, 3.8) is 0 Å². The molecule has 1 atom stereocenters. The normalized spacial score (nSPS) is 27.6. The van der Waals surface area contributed by atoms with Crippen molar-refractivity contribution in [2.45, 2.75) is 18.9 Å². The zero-order chi connectivity index (χ0) is 6.85. The molecular formula is C5H10N2O2. The maximum absolute atomic E-state index is 10.6. The zero-order valence-corrected chi connectivity index (χ0v) is 5.08. The third-order valence-corrected chi connectivity index (χ3v) is 1.58. The van der Waals surface area contributed by atoms with Gasteiger partial charge in [-0.1, -0.05) is 0 Å². The highest BCUT2D eigenvalue weighted by molar-refractivity contribution is 5.77. The summed E-state index contributed by atoms with van der Waals surface area (Å²) in [6, 6.07) is -0.141. The van der Waals surface area contributed by atoms with Crippen LogP contribution >= 0.6 is 0 Å². The molecular weight excluding hydrogens is 120 g/mol. The number of nitrogens with two attached hydrogens (primary N) is 1. The number of carbonyl (C=O) groups is 1. The lowest BCUT2D eigenvalue weighted by Gasteiger charge is -2.15. The Morgan fingerprint density at radius 1 is 1.89 bits per heavy atom. The molecule has 0 aromatic rings. The van der Waals surface area contributed by atoms with Gasteiger partial charge in [0, 0.05) is 6.42 Å². The van der Waals surface area contributed by atoms with E-state index in [0.717, 1.165) is 5.01 Å². The first-order chi connectivity index (χ1) is 4.25. The Morgan fingerprint density at radius 3 is 2.78 bits per heavy atom. The van der Waals surface area contributed by atoms with Gasteiger partial charge in [-0.3, -0.25) is 9.80 Å². The van der Waals surface area contributed by atoms with E-state index in [9.17, 15) is 4.79 Å². The van der Waals surface area contributed by atoms with Gasteiger partial charge in [-0.15, -0.1) is 0 Å². The van der Waals surface area contributed by atoms with Gasteiger partial charge in [-0.2, -0.15) is 0 Å². The summed E-state index contributed by atoms with van der Waals surface area (Å²) < 4.78 is 0. The van der Waals surface area contributed by atoms with Gasteiger partial charge < -0.3 is 5.11 Å². The van der Waals surface area contributed by atoms with Crippen LogP contribution in [-0.4, -0.2) is 28.7 Å².